The van der Waals surface area contributed by atoms with E-state index in [0.29, 0.717) is 0 Å². The van der Waals surface area contributed by atoms with Gasteiger partial charge < -0.3 is 0 Å². The first-order chi connectivity index (χ1) is 5.08. The van der Waals surface area contributed by atoms with Crippen LogP contribution in [-0.4, -0.2) is 13.4 Å². The molecule has 0 bridgehead atoms. The van der Waals surface area contributed by atoms with Crippen molar-refractivity contribution in [2.24, 2.45) is 0 Å². The van der Waals surface area contributed by atoms with Crippen molar-refractivity contribution in [2.75, 3.05) is 0 Å². The third-order valence-corrected chi connectivity index (χ3v) is 1.77. The summed E-state index contributed by atoms with van der Waals surface area (Å²) in [5, 5.41) is 0. The van der Waals surface area contributed by atoms with Gasteiger partial charge in [-0.05, 0) is 0 Å². The maximum atomic E-state index is 10.1. The van der Waals surface area contributed by atoms with Gasteiger partial charge in [-0.2, -0.15) is 0 Å². The van der Waals surface area contributed by atoms with Crippen LogP contribution in [0.2, 0.25) is 0 Å². The van der Waals surface area contributed by atoms with Gasteiger partial charge in [0.1, 0.15) is 0 Å². The molecule has 0 radical (unpaired) electrons. The molecule has 0 atom stereocenters. The van der Waals surface area contributed by atoms with Crippen molar-refractivity contribution in [3.63, 3.8) is 0 Å². The van der Waals surface area contributed by atoms with Gasteiger partial charge in [0.05, 0.1) is 0 Å². The van der Waals surface area contributed by atoms with Gasteiger partial charge in [0.25, 0.3) is 0 Å². The van der Waals surface area contributed by atoms with Crippen molar-refractivity contribution in [1.29, 1.82) is 0 Å². The molecule has 0 fully saturated rings. The molecule has 0 spiro atoms. The second-order valence-electron chi connectivity index (χ2n) is 1.80. The molecular weight excluding hydrogens is 254 g/mol. The van der Waals surface area contributed by atoms with Crippen molar-refractivity contribution in [3.8, 4) is 5.75 Å². The van der Waals surface area contributed by atoms with Crippen LogP contribution < -0.4 is 59.4 Å². The largest absolute Gasteiger partial charge is 1.00 e. The molecule has 0 unspecified atom stereocenters. The first-order valence-corrected chi connectivity index (χ1v) is 5.58. The minimum Gasteiger partial charge on any atom is 1.00 e. The van der Waals surface area contributed by atoms with Crippen molar-refractivity contribution in [2.45, 2.75) is 0 Å². The van der Waals surface area contributed by atoms with Gasteiger partial charge in [-0.15, -0.1) is 0 Å². The van der Waals surface area contributed by atoms with Gasteiger partial charge in [-0.3, -0.25) is 0 Å². The zero-order chi connectivity index (χ0) is 8.32. The molecule has 0 saturated heterocycles. The van der Waals surface area contributed by atoms with Crippen LogP contribution in [0.25, 0.3) is 0 Å². The van der Waals surface area contributed by atoms with Crippen molar-refractivity contribution in [3.05, 3.63) is 30.3 Å². The molecule has 4 nitrogen and oxygen atoms in total. The summed E-state index contributed by atoms with van der Waals surface area (Å²) in [6, 6.07) is 7.66. The summed E-state index contributed by atoms with van der Waals surface area (Å²) < 4.78 is 34.4. The van der Waals surface area contributed by atoms with E-state index in [9.17, 15) is 11.9 Å². The topological polar surface area (TPSA) is 66.4 Å². The van der Waals surface area contributed by atoms with Crippen LogP contribution >= 0.6 is 0 Å². The molecular formula is C6H5KO4Se. The Morgan fingerprint density at radius 1 is 1.17 bits per heavy atom. The molecule has 0 aliphatic heterocycles. The van der Waals surface area contributed by atoms with Crippen LogP contribution in [0.5, 0.6) is 5.75 Å². The Hall–Kier alpha value is 0.736. The summed E-state index contributed by atoms with van der Waals surface area (Å²) >= 11 is -5.31. The molecule has 1 aromatic rings. The van der Waals surface area contributed by atoms with E-state index in [4.69, 9.17) is 0 Å². The average Bonchev–Trinajstić information content (AvgIpc) is 1.85. The molecule has 0 heterocycles. The van der Waals surface area contributed by atoms with Crippen LogP contribution in [0.1, 0.15) is 0 Å². The zero-order valence-corrected chi connectivity index (χ0v) is 11.3. The molecule has 1 rings (SSSR count). The Labute approximate surface area is 115 Å². The van der Waals surface area contributed by atoms with Crippen LogP contribution in [-0.2, 0) is 7.67 Å². The average molecular weight is 259 g/mol. The number of hydrogen-bond acceptors (Lipinski definition) is 4. The van der Waals surface area contributed by atoms with Gasteiger partial charge >= 0.3 is 117 Å². The van der Waals surface area contributed by atoms with Crippen molar-refractivity contribution >= 4 is 13.4 Å². The van der Waals surface area contributed by atoms with E-state index < -0.39 is 13.4 Å². The summed E-state index contributed by atoms with van der Waals surface area (Å²) in [6.45, 7) is 0. The summed E-state index contributed by atoms with van der Waals surface area (Å²) in [4.78, 5) is 0. The molecule has 0 aliphatic carbocycles. The normalized spacial score (nSPS) is 10.1. The molecule has 1 aromatic carbocycles. The second kappa shape index (κ2) is 5.46. The Bertz CT molecular complexity index is 321. The number of para-hydroxylation sites is 1. The summed E-state index contributed by atoms with van der Waals surface area (Å²) in [7, 11) is 0. The Morgan fingerprint density at radius 2 is 1.67 bits per heavy atom. The predicted octanol–water partition coefficient (Wildman–Crippen LogP) is -3.27. The van der Waals surface area contributed by atoms with E-state index in [1.54, 1.807) is 18.2 Å². The van der Waals surface area contributed by atoms with Gasteiger partial charge in [-0.25, -0.2) is 0 Å². The van der Waals surface area contributed by atoms with E-state index in [1.807, 2.05) is 0 Å². The van der Waals surface area contributed by atoms with Crippen LogP contribution in [0, 0.1) is 0 Å². The van der Waals surface area contributed by atoms with Gasteiger partial charge in [0.2, 0.25) is 0 Å². The fourth-order valence-corrected chi connectivity index (χ4v) is 1.32. The van der Waals surface area contributed by atoms with E-state index in [1.165, 1.54) is 12.1 Å². The second-order valence-corrected chi connectivity index (χ2v) is 3.87. The third kappa shape index (κ3) is 5.39. The molecule has 60 valence electrons. The van der Waals surface area contributed by atoms with Gasteiger partial charge in [0, 0.05) is 0 Å². The van der Waals surface area contributed by atoms with Crippen LogP contribution in [0.4, 0.5) is 0 Å². The summed E-state index contributed by atoms with van der Waals surface area (Å²) in [5.41, 5.74) is 0. The minimum absolute atomic E-state index is 0. The Morgan fingerprint density at radius 3 is 2.08 bits per heavy atom. The van der Waals surface area contributed by atoms with E-state index in [2.05, 4.69) is 3.82 Å². The van der Waals surface area contributed by atoms with Gasteiger partial charge in [0.15, 0.2) is 0 Å². The predicted molar refractivity (Wildman–Crippen MR) is 34.2 cm³/mol. The molecule has 0 saturated carbocycles. The molecule has 12 heavy (non-hydrogen) atoms. The molecule has 6 heteroatoms. The summed E-state index contributed by atoms with van der Waals surface area (Å²) in [6.07, 6.45) is 0. The van der Waals surface area contributed by atoms with Crippen LogP contribution in [0.15, 0.2) is 30.3 Å². The fraction of sp³-hybridized carbons (Fsp3) is 0. The van der Waals surface area contributed by atoms with Crippen molar-refractivity contribution < 1.29 is 67.1 Å². The third-order valence-electron chi connectivity index (χ3n) is 0.941. The van der Waals surface area contributed by atoms with Crippen LogP contribution in [0.3, 0.4) is 0 Å². The van der Waals surface area contributed by atoms with E-state index in [-0.39, 0.29) is 57.1 Å². The van der Waals surface area contributed by atoms with Gasteiger partial charge in [-0.1, -0.05) is 0 Å². The molecule has 0 N–H and O–H groups in total. The molecule has 0 aromatic heterocycles. The fourth-order valence-electron chi connectivity index (χ4n) is 0.594. The Kier molecular flexibility index (Phi) is 5.80. The first-order valence-electron chi connectivity index (χ1n) is 2.78. The monoisotopic (exact) mass is 260 g/mol. The minimum atomic E-state index is -5.31. The standard InChI is InChI=1S/C6H6O4Se.K/c7-11(8,9)10-6-4-2-1-3-5-6;/h1-5H,(H,7,8,9);/q;+1/p-1. The first kappa shape index (κ1) is 12.7. The SMILES string of the molecule is O=[Se](=O)([O-])Oc1ccccc1.[K+]. The van der Waals surface area contributed by atoms with Crippen molar-refractivity contribution in [1.82, 2.24) is 0 Å². The smallest absolute Gasteiger partial charge is 1.00 e. The number of rotatable bonds is 2. The molecule has 0 aliphatic rings. The number of benzene rings is 1. The van der Waals surface area contributed by atoms with E-state index >= 15 is 0 Å². The maximum Gasteiger partial charge on any atom is 1.00 e. The Balaban J connectivity index is 0.00000121. The quantitative estimate of drug-likeness (QED) is 0.523. The molecule has 0 amide bonds. The van der Waals surface area contributed by atoms with E-state index in [0.717, 1.165) is 0 Å². The maximum absolute atomic E-state index is 10.1. The number of hydrogen-bond donors (Lipinski definition) is 0. The zero-order valence-electron chi connectivity index (χ0n) is 6.43. The summed E-state index contributed by atoms with van der Waals surface area (Å²) in [5.74, 6) is 0.0625.